The first-order valence-electron chi connectivity index (χ1n) is 11.6. The van der Waals surface area contributed by atoms with Gasteiger partial charge in [-0.15, -0.1) is 0 Å². The number of aryl methyl sites for hydroxylation is 2. The summed E-state index contributed by atoms with van der Waals surface area (Å²) < 4.78 is 32.0. The molecule has 8 nitrogen and oxygen atoms in total. The van der Waals surface area contributed by atoms with Gasteiger partial charge in [-0.3, -0.25) is 13.9 Å². The van der Waals surface area contributed by atoms with Crippen molar-refractivity contribution in [2.45, 2.75) is 59.7 Å². The molecule has 0 aliphatic rings. The molecule has 0 fully saturated rings. The Hall–Kier alpha value is -3.07. The largest absolute Gasteiger partial charge is 0.495 e. The Morgan fingerprint density at radius 3 is 2.26 bits per heavy atom. The summed E-state index contributed by atoms with van der Waals surface area (Å²) in [5.41, 5.74) is 2.98. The fourth-order valence-electron chi connectivity index (χ4n) is 3.90. The lowest BCUT2D eigenvalue weighted by Crippen LogP contribution is -2.53. The third-order valence-electron chi connectivity index (χ3n) is 5.53. The molecule has 0 heterocycles. The number of sulfonamides is 1. The van der Waals surface area contributed by atoms with Crippen LogP contribution in [-0.2, 0) is 26.2 Å². The maximum Gasteiger partial charge on any atom is 0.244 e. The molecular weight excluding hydrogens is 466 g/mol. The van der Waals surface area contributed by atoms with Crippen LogP contribution < -0.4 is 14.4 Å². The minimum atomic E-state index is -3.84. The van der Waals surface area contributed by atoms with Gasteiger partial charge < -0.3 is 15.0 Å². The van der Waals surface area contributed by atoms with Crippen LogP contribution in [0.1, 0.15) is 43.9 Å². The number of anilines is 1. The predicted molar refractivity (Wildman–Crippen MR) is 139 cm³/mol. The Labute approximate surface area is 209 Å². The molecule has 0 saturated carbocycles. The van der Waals surface area contributed by atoms with Crippen molar-refractivity contribution < 1.29 is 22.7 Å². The monoisotopic (exact) mass is 503 g/mol. The van der Waals surface area contributed by atoms with Gasteiger partial charge in [-0.1, -0.05) is 42.8 Å². The van der Waals surface area contributed by atoms with Gasteiger partial charge in [0.25, 0.3) is 0 Å². The minimum Gasteiger partial charge on any atom is -0.495 e. The third kappa shape index (κ3) is 7.71. The topological polar surface area (TPSA) is 96.0 Å². The van der Waals surface area contributed by atoms with E-state index in [-0.39, 0.29) is 24.2 Å². The third-order valence-corrected chi connectivity index (χ3v) is 6.66. The van der Waals surface area contributed by atoms with Gasteiger partial charge in [-0.25, -0.2) is 8.42 Å². The quantitative estimate of drug-likeness (QED) is 0.507. The number of ether oxygens (including phenoxy) is 1. The molecule has 0 aliphatic heterocycles. The van der Waals surface area contributed by atoms with Crippen LogP contribution in [0.5, 0.6) is 5.75 Å². The van der Waals surface area contributed by atoms with Gasteiger partial charge in [0.1, 0.15) is 18.3 Å². The van der Waals surface area contributed by atoms with Gasteiger partial charge in [0.2, 0.25) is 21.8 Å². The van der Waals surface area contributed by atoms with Crippen LogP contribution in [-0.4, -0.2) is 57.1 Å². The van der Waals surface area contributed by atoms with Crippen LogP contribution >= 0.6 is 0 Å². The molecule has 2 aromatic rings. The summed E-state index contributed by atoms with van der Waals surface area (Å²) in [5, 5.41) is 2.88. The highest BCUT2D eigenvalue weighted by Gasteiger charge is 2.32. The maximum absolute atomic E-state index is 13.7. The number of hydrogen-bond acceptors (Lipinski definition) is 5. The first-order valence-corrected chi connectivity index (χ1v) is 13.5. The first-order chi connectivity index (χ1) is 16.4. The van der Waals surface area contributed by atoms with Crippen molar-refractivity contribution in [1.82, 2.24) is 10.2 Å². The number of carbonyl (C=O) groups is 2. The second-order valence-electron chi connectivity index (χ2n) is 9.04. The van der Waals surface area contributed by atoms with Gasteiger partial charge in [0, 0.05) is 12.6 Å². The van der Waals surface area contributed by atoms with E-state index >= 15 is 0 Å². The van der Waals surface area contributed by atoms with Crippen molar-refractivity contribution in [1.29, 1.82) is 0 Å². The molecule has 2 aromatic carbocycles. The Bertz CT molecular complexity index is 1150. The van der Waals surface area contributed by atoms with Crippen molar-refractivity contribution in [3.05, 3.63) is 59.2 Å². The van der Waals surface area contributed by atoms with Crippen LogP contribution in [0.3, 0.4) is 0 Å². The SMILES string of the molecule is CCC(C(=O)NC(C)C)N(Cc1cccc(C)c1)C(=O)CN(c1cc(C)ccc1OC)S(C)(=O)=O. The van der Waals surface area contributed by atoms with E-state index in [2.05, 4.69) is 5.32 Å². The standard InChI is InChI=1S/C26H37N3O5S/c1-8-22(26(31)27-18(2)3)28(16-21-11-9-10-19(4)14-21)25(30)17-29(35(7,32)33)23-15-20(5)12-13-24(23)34-6/h9-15,18,22H,8,16-17H2,1-7H3,(H,27,31). The molecular formula is C26H37N3O5S. The number of methoxy groups -OCH3 is 1. The van der Waals surface area contributed by atoms with E-state index in [0.29, 0.717) is 12.2 Å². The Morgan fingerprint density at radius 1 is 1.06 bits per heavy atom. The van der Waals surface area contributed by atoms with E-state index in [1.54, 1.807) is 18.2 Å². The predicted octanol–water partition coefficient (Wildman–Crippen LogP) is 3.41. The summed E-state index contributed by atoms with van der Waals surface area (Å²) in [7, 11) is -2.39. The first kappa shape index (κ1) is 28.2. The van der Waals surface area contributed by atoms with E-state index in [0.717, 1.165) is 27.3 Å². The molecule has 192 valence electrons. The van der Waals surface area contributed by atoms with Gasteiger partial charge in [-0.05, 0) is 57.4 Å². The fraction of sp³-hybridized carbons (Fsp3) is 0.462. The molecule has 0 bridgehead atoms. The second kappa shape index (κ2) is 12.1. The van der Waals surface area contributed by atoms with Gasteiger partial charge in [-0.2, -0.15) is 0 Å². The van der Waals surface area contributed by atoms with Crippen molar-refractivity contribution in [2.75, 3.05) is 24.2 Å². The molecule has 1 N–H and O–H groups in total. The molecule has 2 amide bonds. The van der Waals surface area contributed by atoms with E-state index in [1.807, 2.05) is 58.9 Å². The molecule has 0 spiro atoms. The number of hydrogen-bond donors (Lipinski definition) is 1. The zero-order valence-electron chi connectivity index (χ0n) is 21.7. The molecule has 2 rings (SSSR count). The number of nitrogens with zero attached hydrogens (tertiary/aromatic N) is 2. The van der Waals surface area contributed by atoms with Crippen LogP contribution in [0.2, 0.25) is 0 Å². The second-order valence-corrected chi connectivity index (χ2v) is 10.9. The van der Waals surface area contributed by atoms with Crippen molar-refractivity contribution in [2.24, 2.45) is 0 Å². The number of rotatable bonds is 11. The number of benzene rings is 2. The molecule has 1 atom stereocenters. The molecule has 0 saturated heterocycles. The van der Waals surface area contributed by atoms with Crippen molar-refractivity contribution >= 4 is 27.5 Å². The van der Waals surface area contributed by atoms with Crippen LogP contribution in [0, 0.1) is 13.8 Å². The Morgan fingerprint density at radius 2 is 1.71 bits per heavy atom. The summed E-state index contributed by atoms with van der Waals surface area (Å²) in [5.74, 6) is -0.419. The Kier molecular flexibility index (Phi) is 9.71. The average molecular weight is 504 g/mol. The average Bonchev–Trinajstić information content (AvgIpc) is 2.76. The van der Waals surface area contributed by atoms with E-state index in [9.17, 15) is 18.0 Å². The van der Waals surface area contributed by atoms with Crippen LogP contribution in [0.4, 0.5) is 5.69 Å². The zero-order valence-corrected chi connectivity index (χ0v) is 22.5. The highest BCUT2D eigenvalue weighted by Crippen LogP contribution is 2.31. The summed E-state index contributed by atoms with van der Waals surface area (Å²) in [4.78, 5) is 28.2. The highest BCUT2D eigenvalue weighted by atomic mass is 32.2. The smallest absolute Gasteiger partial charge is 0.244 e. The van der Waals surface area contributed by atoms with Crippen molar-refractivity contribution in [3.63, 3.8) is 0 Å². The molecule has 9 heteroatoms. The lowest BCUT2D eigenvalue weighted by molar-refractivity contribution is -0.140. The van der Waals surface area contributed by atoms with Gasteiger partial charge >= 0.3 is 0 Å². The molecule has 0 aromatic heterocycles. The van der Waals surface area contributed by atoms with E-state index in [4.69, 9.17) is 4.74 Å². The summed E-state index contributed by atoms with van der Waals surface area (Å²) in [6.07, 6.45) is 1.43. The van der Waals surface area contributed by atoms with Gasteiger partial charge in [0.15, 0.2) is 0 Å². The molecule has 35 heavy (non-hydrogen) atoms. The maximum atomic E-state index is 13.7. The zero-order chi connectivity index (χ0) is 26.3. The summed E-state index contributed by atoms with van der Waals surface area (Å²) >= 11 is 0. The number of amides is 2. The normalized spacial score (nSPS) is 12.2. The van der Waals surface area contributed by atoms with Gasteiger partial charge in [0.05, 0.1) is 19.1 Å². The lowest BCUT2D eigenvalue weighted by Gasteiger charge is -2.33. The van der Waals surface area contributed by atoms with Crippen molar-refractivity contribution in [3.8, 4) is 5.75 Å². The summed E-state index contributed by atoms with van der Waals surface area (Å²) in [6, 6.07) is 12.0. The molecule has 1 unspecified atom stereocenters. The molecule has 0 radical (unpaired) electrons. The van der Waals surface area contributed by atoms with E-state index < -0.39 is 28.5 Å². The Balaban J connectivity index is 2.52. The minimum absolute atomic E-state index is 0.100. The fourth-order valence-corrected chi connectivity index (χ4v) is 4.74. The molecule has 0 aliphatic carbocycles. The lowest BCUT2D eigenvalue weighted by atomic mass is 10.1. The highest BCUT2D eigenvalue weighted by molar-refractivity contribution is 7.92. The van der Waals surface area contributed by atoms with Crippen LogP contribution in [0.15, 0.2) is 42.5 Å². The van der Waals surface area contributed by atoms with Crippen LogP contribution in [0.25, 0.3) is 0 Å². The van der Waals surface area contributed by atoms with E-state index in [1.165, 1.54) is 12.0 Å². The summed E-state index contributed by atoms with van der Waals surface area (Å²) in [6.45, 7) is 9.04. The number of nitrogens with one attached hydrogen (secondary N) is 1. The number of carbonyl (C=O) groups excluding carboxylic acids is 2.